The van der Waals surface area contributed by atoms with Crippen molar-refractivity contribution in [3.8, 4) is 0 Å². The van der Waals surface area contributed by atoms with E-state index in [0.717, 1.165) is 22.1 Å². The number of halogens is 1. The van der Waals surface area contributed by atoms with Crippen LogP contribution in [-0.2, 0) is 11.3 Å². The molecule has 3 heterocycles. The Kier molecular flexibility index (Phi) is 7.95. The first-order valence-corrected chi connectivity index (χ1v) is 13.1. The minimum atomic E-state index is -0.608. The van der Waals surface area contributed by atoms with Crippen molar-refractivity contribution in [1.82, 2.24) is 29.8 Å². The predicted molar refractivity (Wildman–Crippen MR) is 141 cm³/mol. The predicted octanol–water partition coefficient (Wildman–Crippen LogP) is 3.27. The number of fused-ring (bicyclic) bond motifs is 1. The number of hydrogen-bond acceptors (Lipinski definition) is 5. The van der Waals surface area contributed by atoms with Crippen LogP contribution < -0.4 is 10.6 Å². The Bertz CT molecular complexity index is 1080. The molecule has 10 nitrogen and oxygen atoms in total. The van der Waals surface area contributed by atoms with Gasteiger partial charge in [-0.3, -0.25) is 9.80 Å². The zero-order chi connectivity index (χ0) is 25.1. The number of amides is 4. The number of rotatable bonds is 7. The molecule has 1 aromatic heterocycles. The Morgan fingerprint density at radius 3 is 2.34 bits per heavy atom. The van der Waals surface area contributed by atoms with Gasteiger partial charge in [-0.2, -0.15) is 0 Å². The molecule has 0 bridgehead atoms. The first-order valence-electron chi connectivity index (χ1n) is 12.0. The smallest absolute Gasteiger partial charge is 0.338 e. The zero-order valence-electron chi connectivity index (χ0n) is 20.3. The van der Waals surface area contributed by atoms with Gasteiger partial charge in [-0.15, -0.1) is 0 Å². The van der Waals surface area contributed by atoms with Crippen LogP contribution in [0, 0.1) is 16.4 Å². The third-order valence-corrected chi connectivity index (χ3v) is 7.54. The van der Waals surface area contributed by atoms with Gasteiger partial charge in [0, 0.05) is 35.4 Å². The molecular formula is C24H32IN7O3. The summed E-state index contributed by atoms with van der Waals surface area (Å²) in [5.74, 6) is 0.642. The lowest BCUT2D eigenvalue weighted by molar-refractivity contribution is -0.138. The number of benzene rings is 1. The standard InChI is InChI=1S/C24H32IN7O3/c1-4-17(5-2)21(28-23(34)27-19-8-6-18(25)7-9-19)22(33)29-10-12-30(13-11-29)31-15-20-14-26-16(3)32(20)24(31)35/h6-9,14,17,21H,4-5,10-13,15H2,1-3H3,(H2,27,28,34). The molecule has 2 aliphatic rings. The highest BCUT2D eigenvalue weighted by molar-refractivity contribution is 14.1. The van der Waals surface area contributed by atoms with Crippen molar-refractivity contribution < 1.29 is 14.4 Å². The Morgan fingerprint density at radius 2 is 1.74 bits per heavy atom. The molecule has 188 valence electrons. The number of aryl methyl sites for hydroxylation is 1. The number of hydrazine groups is 1. The van der Waals surface area contributed by atoms with E-state index < -0.39 is 6.04 Å². The van der Waals surface area contributed by atoms with Crippen LogP contribution in [0.25, 0.3) is 0 Å². The third kappa shape index (κ3) is 5.45. The molecule has 2 aliphatic heterocycles. The topological polar surface area (TPSA) is 103 Å². The van der Waals surface area contributed by atoms with Crippen LogP contribution in [-0.4, -0.2) is 74.7 Å². The summed E-state index contributed by atoms with van der Waals surface area (Å²) in [4.78, 5) is 45.1. The Morgan fingerprint density at radius 1 is 1.09 bits per heavy atom. The van der Waals surface area contributed by atoms with Crippen molar-refractivity contribution in [1.29, 1.82) is 0 Å². The quantitative estimate of drug-likeness (QED) is 0.480. The first-order chi connectivity index (χ1) is 16.8. The van der Waals surface area contributed by atoms with Gasteiger partial charge in [0.1, 0.15) is 11.9 Å². The van der Waals surface area contributed by atoms with E-state index in [2.05, 4.69) is 38.2 Å². The average Bonchev–Trinajstić information content (AvgIpc) is 3.39. The van der Waals surface area contributed by atoms with Crippen LogP contribution in [0.3, 0.4) is 0 Å². The summed E-state index contributed by atoms with van der Waals surface area (Å²) in [6.45, 7) is 8.48. The van der Waals surface area contributed by atoms with Crippen LogP contribution in [0.15, 0.2) is 30.5 Å². The number of anilines is 1. The summed E-state index contributed by atoms with van der Waals surface area (Å²) >= 11 is 2.21. The van der Waals surface area contributed by atoms with E-state index in [1.165, 1.54) is 0 Å². The minimum Gasteiger partial charge on any atom is -0.338 e. The highest BCUT2D eigenvalue weighted by atomic mass is 127. The summed E-state index contributed by atoms with van der Waals surface area (Å²) in [7, 11) is 0. The number of aromatic nitrogens is 2. The van der Waals surface area contributed by atoms with Crippen molar-refractivity contribution in [2.75, 3.05) is 31.5 Å². The first kappa shape index (κ1) is 25.4. The van der Waals surface area contributed by atoms with Crippen molar-refractivity contribution in [3.63, 3.8) is 0 Å². The van der Waals surface area contributed by atoms with E-state index >= 15 is 0 Å². The Balaban J connectivity index is 1.37. The number of urea groups is 1. The lowest BCUT2D eigenvalue weighted by Gasteiger charge is -2.40. The van der Waals surface area contributed by atoms with Crippen LogP contribution in [0.1, 0.15) is 38.2 Å². The fraction of sp³-hybridized carbons (Fsp3) is 0.500. The molecule has 0 spiro atoms. The molecule has 1 atom stereocenters. The second kappa shape index (κ2) is 10.9. The number of carbonyl (C=O) groups excluding carboxylic acids is 3. The molecule has 11 heteroatoms. The lowest BCUT2D eigenvalue weighted by atomic mass is 9.93. The van der Waals surface area contributed by atoms with Gasteiger partial charge in [0.2, 0.25) is 5.91 Å². The van der Waals surface area contributed by atoms with E-state index in [4.69, 9.17) is 0 Å². The van der Waals surface area contributed by atoms with E-state index in [1.807, 2.05) is 50.0 Å². The largest absolute Gasteiger partial charge is 0.344 e. The molecule has 0 saturated carbocycles. The normalized spacial score (nSPS) is 17.0. The average molecular weight is 593 g/mol. The fourth-order valence-electron chi connectivity index (χ4n) is 4.76. The molecule has 0 aliphatic carbocycles. The van der Waals surface area contributed by atoms with Gasteiger partial charge >= 0.3 is 12.1 Å². The molecule has 0 radical (unpaired) electrons. The maximum Gasteiger partial charge on any atom is 0.344 e. The van der Waals surface area contributed by atoms with Gasteiger partial charge in [-0.1, -0.05) is 26.7 Å². The highest BCUT2D eigenvalue weighted by Gasteiger charge is 2.37. The van der Waals surface area contributed by atoms with Crippen LogP contribution in [0.2, 0.25) is 0 Å². The van der Waals surface area contributed by atoms with E-state index in [1.54, 1.807) is 20.7 Å². The molecule has 1 unspecified atom stereocenters. The molecule has 1 aromatic carbocycles. The number of hydrogen-bond donors (Lipinski definition) is 2. The number of nitrogens with one attached hydrogen (secondary N) is 2. The molecule has 2 N–H and O–H groups in total. The molecule has 1 saturated heterocycles. The van der Waals surface area contributed by atoms with Gasteiger partial charge in [0.15, 0.2) is 0 Å². The van der Waals surface area contributed by atoms with E-state index in [9.17, 15) is 14.4 Å². The molecule has 35 heavy (non-hydrogen) atoms. The number of imidazole rings is 1. The summed E-state index contributed by atoms with van der Waals surface area (Å²) < 4.78 is 2.71. The number of carbonyl (C=O) groups is 3. The van der Waals surface area contributed by atoms with Crippen LogP contribution in [0.5, 0.6) is 0 Å². The van der Waals surface area contributed by atoms with Crippen LogP contribution >= 0.6 is 22.6 Å². The summed E-state index contributed by atoms with van der Waals surface area (Å²) in [6.07, 6.45) is 3.30. The van der Waals surface area contributed by atoms with Crippen molar-refractivity contribution in [2.24, 2.45) is 5.92 Å². The number of nitrogens with zero attached hydrogens (tertiary/aromatic N) is 5. The van der Waals surface area contributed by atoms with E-state index in [-0.39, 0.29) is 23.9 Å². The third-order valence-electron chi connectivity index (χ3n) is 6.82. The second-order valence-corrected chi connectivity index (χ2v) is 10.2. The summed E-state index contributed by atoms with van der Waals surface area (Å²) in [5, 5.41) is 9.51. The number of piperazine rings is 1. The highest BCUT2D eigenvalue weighted by Crippen LogP contribution is 2.22. The molecule has 2 aromatic rings. The maximum absolute atomic E-state index is 13.5. The van der Waals surface area contributed by atoms with Gasteiger partial charge in [0.05, 0.1) is 18.4 Å². The fourth-order valence-corrected chi connectivity index (χ4v) is 5.12. The van der Waals surface area contributed by atoms with Gasteiger partial charge in [-0.25, -0.2) is 24.1 Å². The molecule has 4 amide bonds. The van der Waals surface area contributed by atoms with Crippen molar-refractivity contribution >= 4 is 46.2 Å². The van der Waals surface area contributed by atoms with Gasteiger partial charge < -0.3 is 15.5 Å². The van der Waals surface area contributed by atoms with Crippen molar-refractivity contribution in [3.05, 3.63) is 45.6 Å². The monoisotopic (exact) mass is 593 g/mol. The molecular weight excluding hydrogens is 561 g/mol. The molecule has 1 fully saturated rings. The van der Waals surface area contributed by atoms with Crippen molar-refractivity contribution in [2.45, 2.75) is 46.2 Å². The Hall–Kier alpha value is -2.67. The lowest BCUT2D eigenvalue weighted by Crippen LogP contribution is -2.59. The minimum absolute atomic E-state index is 0.0320. The summed E-state index contributed by atoms with van der Waals surface area (Å²) in [5.41, 5.74) is 1.56. The second-order valence-electron chi connectivity index (χ2n) is 8.91. The zero-order valence-corrected chi connectivity index (χ0v) is 22.5. The van der Waals surface area contributed by atoms with Gasteiger partial charge in [-0.05, 0) is 59.7 Å². The Labute approximate surface area is 219 Å². The molecule has 4 rings (SSSR count). The van der Waals surface area contributed by atoms with E-state index in [0.29, 0.717) is 44.2 Å². The maximum atomic E-state index is 13.5. The summed E-state index contributed by atoms with van der Waals surface area (Å²) in [6, 6.07) is 6.41. The SMILES string of the molecule is CCC(CC)C(NC(=O)Nc1ccc(I)cc1)C(=O)N1CCN(N2Cc3cnc(C)n3C2=O)CC1. The van der Waals surface area contributed by atoms with Crippen LogP contribution in [0.4, 0.5) is 15.3 Å². The van der Waals surface area contributed by atoms with Gasteiger partial charge in [0.25, 0.3) is 0 Å².